The minimum absolute atomic E-state index is 0.154. The van der Waals surface area contributed by atoms with E-state index < -0.39 is 5.82 Å². The molecule has 0 bridgehead atoms. The van der Waals surface area contributed by atoms with Crippen LogP contribution in [0.15, 0.2) is 76.9 Å². The summed E-state index contributed by atoms with van der Waals surface area (Å²) in [6.07, 6.45) is 4.48. The summed E-state index contributed by atoms with van der Waals surface area (Å²) in [4.78, 5) is 23.4. The monoisotopic (exact) mass is 443 g/mol. The molecule has 1 aromatic heterocycles. The van der Waals surface area contributed by atoms with E-state index in [-0.39, 0.29) is 16.5 Å². The van der Waals surface area contributed by atoms with Crippen molar-refractivity contribution in [3.8, 4) is 0 Å². The Balaban J connectivity index is 1.83. The fraction of sp³-hybridized carbons (Fsp3) is 0. The Bertz CT molecular complexity index is 1130. The number of anilines is 1. The Labute approximate surface area is 180 Å². The molecule has 4 rings (SSSR count). The summed E-state index contributed by atoms with van der Waals surface area (Å²) in [5, 5.41) is 0.975. The largest absolute Gasteiger partial charge is 0.271 e. The van der Waals surface area contributed by atoms with Crippen LogP contribution in [0, 0.1) is 5.82 Å². The maximum absolute atomic E-state index is 14.2. The Morgan fingerprint density at radius 2 is 1.83 bits per heavy atom. The molecule has 0 spiro atoms. The van der Waals surface area contributed by atoms with E-state index in [0.29, 0.717) is 26.5 Å². The number of nitrogens with zero attached hydrogens (tertiary/aromatic N) is 3. The third-order valence-corrected chi connectivity index (χ3v) is 5.65. The van der Waals surface area contributed by atoms with Crippen LogP contribution in [0.1, 0.15) is 5.56 Å². The fourth-order valence-corrected chi connectivity index (χ4v) is 4.05. The number of para-hydroxylation sites is 1. The molecule has 0 radical (unpaired) electrons. The van der Waals surface area contributed by atoms with E-state index >= 15 is 0 Å². The Hall–Kier alpha value is -2.67. The second-order valence-electron chi connectivity index (χ2n) is 5.94. The minimum atomic E-state index is -0.507. The van der Waals surface area contributed by atoms with Crippen molar-refractivity contribution in [1.82, 2.24) is 4.98 Å². The van der Waals surface area contributed by atoms with Gasteiger partial charge >= 0.3 is 0 Å². The van der Waals surface area contributed by atoms with Crippen LogP contribution in [-0.2, 0) is 4.79 Å². The fourth-order valence-electron chi connectivity index (χ4n) is 2.69. The topological polar surface area (TPSA) is 45.6 Å². The third-order valence-electron chi connectivity index (χ3n) is 4.06. The molecule has 0 atom stereocenters. The van der Waals surface area contributed by atoms with Crippen LogP contribution in [0.4, 0.5) is 15.8 Å². The van der Waals surface area contributed by atoms with Gasteiger partial charge < -0.3 is 0 Å². The number of pyridine rings is 1. The molecule has 144 valence electrons. The predicted octanol–water partition coefficient (Wildman–Crippen LogP) is 6.34. The van der Waals surface area contributed by atoms with Gasteiger partial charge in [0.1, 0.15) is 5.82 Å². The highest BCUT2D eigenvalue weighted by Gasteiger charge is 2.35. The lowest BCUT2D eigenvalue weighted by atomic mass is 10.2. The summed E-state index contributed by atoms with van der Waals surface area (Å²) in [5.41, 5.74) is 1.27. The molecule has 29 heavy (non-hydrogen) atoms. The molecular formula is C21H12Cl2FN3OS. The van der Waals surface area contributed by atoms with Crippen molar-refractivity contribution >= 4 is 63.5 Å². The Kier molecular flexibility index (Phi) is 5.67. The summed E-state index contributed by atoms with van der Waals surface area (Å²) in [5.74, 6) is -0.836. The van der Waals surface area contributed by atoms with Gasteiger partial charge in [-0.3, -0.25) is 14.7 Å². The van der Waals surface area contributed by atoms with Crippen LogP contribution in [0.5, 0.6) is 0 Å². The number of amides is 1. The van der Waals surface area contributed by atoms with Gasteiger partial charge in [-0.1, -0.05) is 47.5 Å². The first-order valence-electron chi connectivity index (χ1n) is 8.46. The predicted molar refractivity (Wildman–Crippen MR) is 117 cm³/mol. The van der Waals surface area contributed by atoms with Crippen LogP contribution >= 0.6 is 35.0 Å². The zero-order valence-electron chi connectivity index (χ0n) is 14.7. The number of benzene rings is 2. The zero-order chi connectivity index (χ0) is 20.4. The van der Waals surface area contributed by atoms with Gasteiger partial charge in [-0.05, 0) is 48.2 Å². The molecule has 1 aliphatic rings. The second kappa shape index (κ2) is 8.37. The van der Waals surface area contributed by atoms with Crippen molar-refractivity contribution in [2.75, 3.05) is 4.90 Å². The number of carbonyl (C=O) groups excluding carboxylic acids is 1. The smallest absolute Gasteiger partial charge is 0.268 e. The highest BCUT2D eigenvalue weighted by atomic mass is 35.5. The minimum Gasteiger partial charge on any atom is -0.268 e. The number of aromatic nitrogens is 1. The molecule has 0 saturated carbocycles. The lowest BCUT2D eigenvalue weighted by Crippen LogP contribution is -2.28. The second-order valence-corrected chi connectivity index (χ2v) is 7.77. The van der Waals surface area contributed by atoms with E-state index in [0.717, 1.165) is 11.8 Å². The summed E-state index contributed by atoms with van der Waals surface area (Å²) in [7, 11) is 0. The summed E-state index contributed by atoms with van der Waals surface area (Å²) in [6.45, 7) is 0. The van der Waals surface area contributed by atoms with E-state index in [1.165, 1.54) is 29.3 Å². The molecule has 0 unspecified atom stereocenters. The zero-order valence-corrected chi connectivity index (χ0v) is 17.0. The number of halogens is 3. The molecule has 1 fully saturated rings. The Morgan fingerprint density at radius 3 is 2.55 bits per heavy atom. The quantitative estimate of drug-likeness (QED) is 0.443. The number of amidine groups is 1. The number of rotatable bonds is 3. The van der Waals surface area contributed by atoms with Crippen LogP contribution in [-0.4, -0.2) is 16.1 Å². The van der Waals surface area contributed by atoms with E-state index in [1.807, 2.05) is 18.2 Å². The van der Waals surface area contributed by atoms with Crippen molar-refractivity contribution in [1.29, 1.82) is 0 Å². The standard InChI is InChI=1S/C21H12Cl2FN3OS/c22-15-7-4-8-17(24)14(15)11-19-20(28)27(13-5-2-1-3-6-13)21(29-19)26-18-9-10-25-12-16(18)23/h1-12H/b19-11-,26-21?. The molecule has 8 heteroatoms. The molecular weight excluding hydrogens is 432 g/mol. The third kappa shape index (κ3) is 4.05. The average Bonchev–Trinajstić information content (AvgIpc) is 3.02. The van der Waals surface area contributed by atoms with Crippen LogP contribution in [0.25, 0.3) is 6.08 Å². The molecule has 0 aliphatic carbocycles. The highest BCUT2D eigenvalue weighted by molar-refractivity contribution is 8.19. The maximum Gasteiger partial charge on any atom is 0.271 e. The van der Waals surface area contributed by atoms with Crippen LogP contribution < -0.4 is 4.90 Å². The molecule has 1 aliphatic heterocycles. The van der Waals surface area contributed by atoms with Crippen LogP contribution in [0.3, 0.4) is 0 Å². The molecule has 0 N–H and O–H groups in total. The van der Waals surface area contributed by atoms with Crippen molar-refractivity contribution in [2.45, 2.75) is 0 Å². The lowest BCUT2D eigenvalue weighted by Gasteiger charge is -2.15. The van der Waals surface area contributed by atoms with Gasteiger partial charge in [0.25, 0.3) is 5.91 Å². The molecule has 2 aromatic carbocycles. The van der Waals surface area contributed by atoms with Gasteiger partial charge in [0, 0.05) is 18.0 Å². The van der Waals surface area contributed by atoms with Gasteiger partial charge in [0.2, 0.25) is 0 Å². The van der Waals surface area contributed by atoms with Crippen molar-refractivity contribution in [3.05, 3.63) is 93.3 Å². The van der Waals surface area contributed by atoms with Gasteiger partial charge in [-0.15, -0.1) is 0 Å². The lowest BCUT2D eigenvalue weighted by molar-refractivity contribution is -0.113. The van der Waals surface area contributed by atoms with Crippen molar-refractivity contribution < 1.29 is 9.18 Å². The number of carbonyl (C=O) groups is 1. The summed E-state index contributed by atoms with van der Waals surface area (Å²) < 4.78 is 14.2. The highest BCUT2D eigenvalue weighted by Crippen LogP contribution is 2.39. The first kappa shape index (κ1) is 19.6. The van der Waals surface area contributed by atoms with Gasteiger partial charge in [0.05, 0.1) is 26.3 Å². The normalized spacial score (nSPS) is 16.8. The first-order valence-corrected chi connectivity index (χ1v) is 10.0. The van der Waals surface area contributed by atoms with E-state index in [9.17, 15) is 9.18 Å². The Morgan fingerprint density at radius 1 is 1.03 bits per heavy atom. The average molecular weight is 444 g/mol. The SMILES string of the molecule is O=C1/C(=C/c2c(F)cccc2Cl)SC(=Nc2ccncc2Cl)N1c1ccccc1. The maximum atomic E-state index is 14.2. The molecule has 1 amide bonds. The summed E-state index contributed by atoms with van der Waals surface area (Å²) in [6, 6.07) is 15.1. The molecule has 3 aromatic rings. The molecule has 2 heterocycles. The van der Waals surface area contributed by atoms with Gasteiger partial charge in [-0.25, -0.2) is 9.38 Å². The number of hydrogen-bond donors (Lipinski definition) is 0. The van der Waals surface area contributed by atoms with Crippen LogP contribution in [0.2, 0.25) is 10.0 Å². The number of thioether (sulfide) groups is 1. The van der Waals surface area contributed by atoms with Crippen molar-refractivity contribution in [2.24, 2.45) is 4.99 Å². The number of hydrogen-bond acceptors (Lipinski definition) is 4. The van der Waals surface area contributed by atoms with Gasteiger partial charge in [0.15, 0.2) is 5.17 Å². The molecule has 4 nitrogen and oxygen atoms in total. The van der Waals surface area contributed by atoms with Gasteiger partial charge in [-0.2, -0.15) is 0 Å². The van der Waals surface area contributed by atoms with E-state index in [2.05, 4.69) is 9.98 Å². The van der Waals surface area contributed by atoms with Crippen molar-refractivity contribution in [3.63, 3.8) is 0 Å². The first-order chi connectivity index (χ1) is 14.0. The summed E-state index contributed by atoms with van der Waals surface area (Å²) >= 11 is 13.4. The molecule has 1 saturated heterocycles. The van der Waals surface area contributed by atoms with E-state index in [4.69, 9.17) is 23.2 Å². The van der Waals surface area contributed by atoms with E-state index in [1.54, 1.807) is 30.5 Å². The number of aliphatic imine (C=N–C) groups is 1.